The highest BCUT2D eigenvalue weighted by atomic mass is 32.2. The van der Waals surface area contributed by atoms with Crippen LogP contribution in [0.5, 0.6) is 0 Å². The number of aryl methyl sites for hydroxylation is 1. The number of carbonyl (C=O) groups excluding carboxylic acids is 1. The molecular weight excluding hydrogens is 393 g/mol. The van der Waals surface area contributed by atoms with Crippen molar-refractivity contribution in [1.29, 1.82) is 0 Å². The van der Waals surface area contributed by atoms with E-state index < -0.39 is 21.7 Å². The van der Waals surface area contributed by atoms with E-state index in [4.69, 9.17) is 0 Å². The number of rotatable bonds is 6. The fraction of sp³-hybridized carbons (Fsp3) is 0.143. The Bertz CT molecular complexity index is 1150. The van der Waals surface area contributed by atoms with Crippen LogP contribution in [-0.2, 0) is 16.6 Å². The molecular formula is C21H20FN3O3S. The molecule has 0 saturated heterocycles. The van der Waals surface area contributed by atoms with Gasteiger partial charge < -0.3 is 4.90 Å². The molecule has 0 bridgehead atoms. The predicted octanol–water partition coefficient (Wildman–Crippen LogP) is 3.60. The zero-order valence-electron chi connectivity index (χ0n) is 16.0. The molecule has 0 aliphatic carbocycles. The lowest BCUT2D eigenvalue weighted by atomic mass is 10.1. The number of aromatic nitrogens is 1. The number of pyridine rings is 1. The summed E-state index contributed by atoms with van der Waals surface area (Å²) in [4.78, 5) is 18.1. The maximum atomic E-state index is 13.4. The van der Waals surface area contributed by atoms with E-state index in [2.05, 4.69) is 9.71 Å². The summed E-state index contributed by atoms with van der Waals surface area (Å²) in [7, 11) is -2.48. The molecule has 6 nitrogen and oxygen atoms in total. The molecule has 0 unspecified atom stereocenters. The van der Waals surface area contributed by atoms with E-state index in [-0.39, 0.29) is 17.0 Å². The molecule has 0 atom stereocenters. The minimum absolute atomic E-state index is 0.0273. The van der Waals surface area contributed by atoms with Crippen LogP contribution in [0.15, 0.2) is 71.9 Å². The van der Waals surface area contributed by atoms with Crippen LogP contribution in [-0.4, -0.2) is 31.3 Å². The van der Waals surface area contributed by atoms with Crippen LogP contribution in [0.4, 0.5) is 10.1 Å². The molecule has 1 amide bonds. The van der Waals surface area contributed by atoms with Crippen molar-refractivity contribution in [1.82, 2.24) is 9.88 Å². The largest absolute Gasteiger partial charge is 0.337 e. The van der Waals surface area contributed by atoms with Gasteiger partial charge in [-0.05, 0) is 48.4 Å². The number of benzene rings is 2. The topological polar surface area (TPSA) is 79.4 Å². The lowest BCUT2D eigenvalue weighted by molar-refractivity contribution is 0.0781. The molecule has 1 aromatic heterocycles. The molecule has 3 rings (SSSR count). The first-order valence-corrected chi connectivity index (χ1v) is 10.3. The van der Waals surface area contributed by atoms with Gasteiger partial charge in [-0.15, -0.1) is 0 Å². The molecule has 3 aromatic rings. The van der Waals surface area contributed by atoms with E-state index in [0.29, 0.717) is 11.3 Å². The number of sulfonamides is 1. The minimum Gasteiger partial charge on any atom is -0.337 e. The van der Waals surface area contributed by atoms with Crippen LogP contribution in [0.3, 0.4) is 0 Å². The molecule has 0 radical (unpaired) electrons. The van der Waals surface area contributed by atoms with Gasteiger partial charge in [0.1, 0.15) is 10.7 Å². The van der Waals surface area contributed by atoms with E-state index in [1.807, 2.05) is 0 Å². The quantitative estimate of drug-likeness (QED) is 0.670. The van der Waals surface area contributed by atoms with Crippen molar-refractivity contribution >= 4 is 21.6 Å². The van der Waals surface area contributed by atoms with Gasteiger partial charge in [0, 0.05) is 19.8 Å². The van der Waals surface area contributed by atoms with Crippen molar-refractivity contribution in [2.45, 2.75) is 18.4 Å². The minimum atomic E-state index is -4.02. The zero-order valence-corrected chi connectivity index (χ0v) is 16.8. The first-order chi connectivity index (χ1) is 13.8. The number of hydrogen-bond donors (Lipinski definition) is 1. The molecule has 0 saturated carbocycles. The SMILES string of the molecule is Cc1cncc(NS(=O)(=O)c2ccccc2C(=O)N(C)Cc2cccc(F)c2)c1. The fourth-order valence-electron chi connectivity index (χ4n) is 2.89. The normalized spacial score (nSPS) is 11.1. The second-order valence-corrected chi connectivity index (χ2v) is 8.29. The summed E-state index contributed by atoms with van der Waals surface area (Å²) in [6, 6.07) is 13.5. The van der Waals surface area contributed by atoms with E-state index in [1.54, 1.807) is 43.5 Å². The van der Waals surface area contributed by atoms with Crippen molar-refractivity contribution in [3.8, 4) is 0 Å². The zero-order chi connectivity index (χ0) is 21.0. The van der Waals surface area contributed by atoms with Crippen LogP contribution in [0.1, 0.15) is 21.5 Å². The average molecular weight is 413 g/mol. The third-order valence-corrected chi connectivity index (χ3v) is 5.63. The second kappa shape index (κ2) is 8.40. The predicted molar refractivity (Wildman–Crippen MR) is 108 cm³/mol. The Balaban J connectivity index is 1.88. The summed E-state index contributed by atoms with van der Waals surface area (Å²) >= 11 is 0. The second-order valence-electron chi connectivity index (χ2n) is 6.64. The van der Waals surface area contributed by atoms with E-state index in [9.17, 15) is 17.6 Å². The lowest BCUT2D eigenvalue weighted by Crippen LogP contribution is -2.28. The Kier molecular flexibility index (Phi) is 5.93. The van der Waals surface area contributed by atoms with Crippen LogP contribution < -0.4 is 4.72 Å². The highest BCUT2D eigenvalue weighted by Crippen LogP contribution is 2.21. The molecule has 8 heteroatoms. The number of nitrogens with one attached hydrogen (secondary N) is 1. The van der Waals surface area contributed by atoms with Gasteiger partial charge in [-0.2, -0.15) is 0 Å². The van der Waals surface area contributed by atoms with Crippen molar-refractivity contribution in [3.63, 3.8) is 0 Å². The standard InChI is InChI=1S/C21H20FN3O3S/c1-15-10-18(13-23-12-15)24-29(27,28)20-9-4-3-8-19(20)21(26)25(2)14-16-6-5-7-17(22)11-16/h3-13,24H,14H2,1-2H3. The lowest BCUT2D eigenvalue weighted by Gasteiger charge is -2.19. The molecule has 0 aliphatic heterocycles. The first kappa shape index (κ1) is 20.5. The molecule has 29 heavy (non-hydrogen) atoms. The Labute approximate surface area is 169 Å². The number of anilines is 1. The number of amides is 1. The molecule has 1 N–H and O–H groups in total. The maximum absolute atomic E-state index is 13.4. The van der Waals surface area contributed by atoms with Gasteiger partial charge in [-0.25, -0.2) is 12.8 Å². The molecule has 1 heterocycles. The maximum Gasteiger partial charge on any atom is 0.262 e. The van der Waals surface area contributed by atoms with Gasteiger partial charge in [0.25, 0.3) is 15.9 Å². The molecule has 150 valence electrons. The molecule has 0 fully saturated rings. The Morgan fingerprint density at radius 2 is 1.86 bits per heavy atom. The van der Waals surface area contributed by atoms with E-state index in [0.717, 1.165) is 5.56 Å². The number of hydrogen-bond acceptors (Lipinski definition) is 4. The summed E-state index contributed by atoms with van der Waals surface area (Å²) in [5.74, 6) is -0.889. The van der Waals surface area contributed by atoms with Gasteiger partial charge in [0.15, 0.2) is 0 Å². The Hall–Kier alpha value is -3.26. The van der Waals surface area contributed by atoms with Gasteiger partial charge in [0.2, 0.25) is 0 Å². The average Bonchev–Trinajstić information content (AvgIpc) is 2.67. The van der Waals surface area contributed by atoms with Crippen molar-refractivity contribution in [2.24, 2.45) is 0 Å². The van der Waals surface area contributed by atoms with Crippen LogP contribution in [0.2, 0.25) is 0 Å². The van der Waals surface area contributed by atoms with Gasteiger partial charge >= 0.3 is 0 Å². The monoisotopic (exact) mass is 413 g/mol. The van der Waals surface area contributed by atoms with E-state index >= 15 is 0 Å². The molecule has 2 aromatic carbocycles. The molecule has 0 spiro atoms. The molecule has 0 aliphatic rings. The number of carbonyl (C=O) groups is 1. The van der Waals surface area contributed by atoms with Crippen molar-refractivity contribution in [2.75, 3.05) is 11.8 Å². The third-order valence-electron chi connectivity index (χ3n) is 4.19. The third kappa shape index (κ3) is 4.97. The van der Waals surface area contributed by atoms with Crippen LogP contribution in [0, 0.1) is 12.7 Å². The summed E-state index contributed by atoms with van der Waals surface area (Å²) in [6.45, 7) is 1.93. The smallest absolute Gasteiger partial charge is 0.262 e. The first-order valence-electron chi connectivity index (χ1n) is 8.80. The van der Waals surface area contributed by atoms with Crippen molar-refractivity contribution < 1.29 is 17.6 Å². The Morgan fingerprint density at radius 3 is 2.59 bits per heavy atom. The van der Waals surface area contributed by atoms with Crippen LogP contribution in [0.25, 0.3) is 0 Å². The van der Waals surface area contributed by atoms with Crippen LogP contribution >= 0.6 is 0 Å². The fourth-order valence-corrected chi connectivity index (χ4v) is 4.12. The summed E-state index contributed by atoms with van der Waals surface area (Å²) < 4.78 is 41.7. The van der Waals surface area contributed by atoms with Gasteiger partial charge in [-0.1, -0.05) is 24.3 Å². The number of halogens is 1. The Morgan fingerprint density at radius 1 is 1.10 bits per heavy atom. The van der Waals surface area contributed by atoms with E-state index in [1.165, 1.54) is 42.4 Å². The van der Waals surface area contributed by atoms with Gasteiger partial charge in [-0.3, -0.25) is 14.5 Å². The summed E-state index contributed by atoms with van der Waals surface area (Å²) in [5.41, 5.74) is 1.73. The highest BCUT2D eigenvalue weighted by molar-refractivity contribution is 7.92. The number of nitrogens with zero attached hydrogens (tertiary/aromatic N) is 2. The van der Waals surface area contributed by atoms with Crippen molar-refractivity contribution in [3.05, 3.63) is 89.5 Å². The van der Waals surface area contributed by atoms with Gasteiger partial charge in [0.05, 0.1) is 17.4 Å². The highest BCUT2D eigenvalue weighted by Gasteiger charge is 2.24. The summed E-state index contributed by atoms with van der Waals surface area (Å²) in [5, 5.41) is 0. The summed E-state index contributed by atoms with van der Waals surface area (Å²) in [6.07, 6.45) is 3.00.